The van der Waals surface area contributed by atoms with Crippen molar-refractivity contribution in [3.05, 3.63) is 23.9 Å². The summed E-state index contributed by atoms with van der Waals surface area (Å²) in [5, 5.41) is 3.59. The largest absolute Gasteiger partial charge is 0.399 e. The number of halogens is 2. The van der Waals surface area contributed by atoms with Gasteiger partial charge in [0.1, 0.15) is 0 Å². The summed E-state index contributed by atoms with van der Waals surface area (Å²) in [6, 6.07) is 4.52. The van der Waals surface area contributed by atoms with Crippen LogP contribution in [-0.2, 0) is 5.92 Å². The number of benzene rings is 1. The predicted octanol–water partition coefficient (Wildman–Crippen LogP) is 2.52. The molecule has 2 N–H and O–H groups in total. The van der Waals surface area contributed by atoms with Gasteiger partial charge < -0.3 is 10.3 Å². The smallest absolute Gasteiger partial charge is 0.290 e. The third kappa shape index (κ3) is 1.30. The number of alkyl halides is 2. The van der Waals surface area contributed by atoms with Crippen molar-refractivity contribution in [3.63, 3.8) is 0 Å². The minimum atomic E-state index is -3.01. The average molecular weight is 198 g/mol. The summed E-state index contributed by atoms with van der Waals surface area (Å²) >= 11 is 0. The third-order valence-electron chi connectivity index (χ3n) is 1.91. The Balaban J connectivity index is 2.73. The number of nitrogens with two attached hydrogens (primary N) is 1. The molecule has 0 saturated heterocycles. The van der Waals surface area contributed by atoms with Gasteiger partial charge in [-0.1, -0.05) is 5.16 Å². The van der Waals surface area contributed by atoms with Gasteiger partial charge in [-0.3, -0.25) is 0 Å². The van der Waals surface area contributed by atoms with Crippen LogP contribution < -0.4 is 5.73 Å². The number of fused-ring (bicyclic) bond motifs is 1. The summed E-state index contributed by atoms with van der Waals surface area (Å²) in [7, 11) is 0. The van der Waals surface area contributed by atoms with Crippen LogP contribution >= 0.6 is 0 Å². The second-order valence-corrected chi connectivity index (χ2v) is 3.18. The zero-order valence-electron chi connectivity index (χ0n) is 7.42. The van der Waals surface area contributed by atoms with Crippen LogP contribution in [-0.4, -0.2) is 5.16 Å². The van der Waals surface area contributed by atoms with E-state index >= 15 is 0 Å². The summed E-state index contributed by atoms with van der Waals surface area (Å²) in [5.41, 5.74) is 5.83. The first-order valence-electron chi connectivity index (χ1n) is 4.01. The number of anilines is 1. The number of hydrogen-bond donors (Lipinski definition) is 1. The Labute approximate surface area is 78.5 Å². The highest BCUT2D eigenvalue weighted by atomic mass is 19.3. The molecule has 0 saturated carbocycles. The second-order valence-electron chi connectivity index (χ2n) is 3.18. The van der Waals surface area contributed by atoms with Crippen LogP contribution in [0.3, 0.4) is 0 Å². The molecular formula is C9H8F2N2O. The first kappa shape index (κ1) is 8.93. The Bertz CT molecular complexity index is 473. The Morgan fingerprint density at radius 2 is 2.14 bits per heavy atom. The van der Waals surface area contributed by atoms with E-state index in [2.05, 4.69) is 5.16 Å². The molecule has 0 spiro atoms. The molecule has 14 heavy (non-hydrogen) atoms. The molecule has 2 aromatic rings. The molecule has 0 atom stereocenters. The van der Waals surface area contributed by atoms with Crippen LogP contribution in [0.25, 0.3) is 11.0 Å². The summed E-state index contributed by atoms with van der Waals surface area (Å²) in [5.74, 6) is -3.01. The van der Waals surface area contributed by atoms with Crippen molar-refractivity contribution in [1.29, 1.82) is 0 Å². The molecule has 0 radical (unpaired) electrons. The van der Waals surface area contributed by atoms with Gasteiger partial charge in [0, 0.05) is 12.6 Å². The minimum absolute atomic E-state index is 0.262. The quantitative estimate of drug-likeness (QED) is 0.716. The maximum atomic E-state index is 13.0. The third-order valence-corrected chi connectivity index (χ3v) is 1.91. The number of aromatic nitrogens is 1. The first-order chi connectivity index (χ1) is 6.48. The van der Waals surface area contributed by atoms with Gasteiger partial charge in [-0.05, 0) is 18.2 Å². The molecule has 0 aliphatic heterocycles. The second kappa shape index (κ2) is 2.67. The van der Waals surface area contributed by atoms with Crippen molar-refractivity contribution in [2.75, 3.05) is 5.73 Å². The number of nitrogen functional groups attached to an aromatic ring is 1. The molecule has 0 amide bonds. The van der Waals surface area contributed by atoms with Crippen molar-refractivity contribution in [2.45, 2.75) is 12.8 Å². The van der Waals surface area contributed by atoms with Crippen LogP contribution in [0.5, 0.6) is 0 Å². The Hall–Kier alpha value is -1.65. The highest BCUT2D eigenvalue weighted by molar-refractivity contribution is 5.83. The van der Waals surface area contributed by atoms with Crippen molar-refractivity contribution in [3.8, 4) is 0 Å². The molecule has 1 aromatic heterocycles. The standard InChI is InChI=1S/C9H8F2N2O/c1-9(10,11)8-6-4-5(12)2-3-7(6)14-13-8/h2-4H,12H2,1H3. The minimum Gasteiger partial charge on any atom is -0.399 e. The highest BCUT2D eigenvalue weighted by Gasteiger charge is 2.31. The molecule has 0 aliphatic carbocycles. The van der Waals surface area contributed by atoms with Crippen molar-refractivity contribution >= 4 is 16.7 Å². The SMILES string of the molecule is CC(F)(F)c1noc2ccc(N)cc12. The maximum absolute atomic E-state index is 13.0. The van der Waals surface area contributed by atoms with Gasteiger partial charge in [0.05, 0.1) is 5.39 Å². The molecule has 5 heteroatoms. The van der Waals surface area contributed by atoms with Crippen LogP contribution in [0.15, 0.2) is 22.7 Å². The number of rotatable bonds is 1. The van der Waals surface area contributed by atoms with E-state index in [1.807, 2.05) is 0 Å². The van der Waals surface area contributed by atoms with Crippen LogP contribution in [0.4, 0.5) is 14.5 Å². The Kier molecular flexibility index (Phi) is 1.70. The summed E-state index contributed by atoms with van der Waals surface area (Å²) in [6.45, 7) is 0.771. The van der Waals surface area contributed by atoms with Crippen molar-refractivity contribution in [1.82, 2.24) is 5.16 Å². The monoisotopic (exact) mass is 198 g/mol. The molecule has 74 valence electrons. The van der Waals surface area contributed by atoms with E-state index in [0.29, 0.717) is 11.3 Å². The number of hydrogen-bond acceptors (Lipinski definition) is 3. The van der Waals surface area contributed by atoms with E-state index < -0.39 is 5.92 Å². The van der Waals surface area contributed by atoms with E-state index in [1.54, 1.807) is 6.07 Å². The zero-order valence-corrected chi connectivity index (χ0v) is 7.42. The van der Waals surface area contributed by atoms with Crippen LogP contribution in [0.1, 0.15) is 12.6 Å². The van der Waals surface area contributed by atoms with E-state index in [4.69, 9.17) is 10.3 Å². The molecule has 1 heterocycles. The van der Waals surface area contributed by atoms with Gasteiger partial charge >= 0.3 is 0 Å². The molecule has 2 rings (SSSR count). The van der Waals surface area contributed by atoms with Crippen molar-refractivity contribution in [2.24, 2.45) is 0 Å². The fourth-order valence-electron chi connectivity index (χ4n) is 1.27. The van der Waals surface area contributed by atoms with E-state index in [0.717, 1.165) is 6.92 Å². The highest BCUT2D eigenvalue weighted by Crippen LogP contribution is 2.32. The molecule has 3 nitrogen and oxygen atoms in total. The molecule has 0 fully saturated rings. The fourth-order valence-corrected chi connectivity index (χ4v) is 1.27. The van der Waals surface area contributed by atoms with Gasteiger partial charge in [-0.15, -0.1) is 0 Å². The zero-order chi connectivity index (χ0) is 10.3. The normalized spacial score (nSPS) is 12.2. The van der Waals surface area contributed by atoms with Gasteiger partial charge in [0.15, 0.2) is 11.3 Å². The first-order valence-corrected chi connectivity index (χ1v) is 4.01. The lowest BCUT2D eigenvalue weighted by molar-refractivity contribution is 0.0112. The fraction of sp³-hybridized carbons (Fsp3) is 0.222. The molecule has 0 bridgehead atoms. The van der Waals surface area contributed by atoms with E-state index in [1.165, 1.54) is 12.1 Å². The Morgan fingerprint density at radius 3 is 2.79 bits per heavy atom. The van der Waals surface area contributed by atoms with Gasteiger partial charge in [0.25, 0.3) is 5.92 Å². The van der Waals surface area contributed by atoms with Gasteiger partial charge in [-0.25, -0.2) is 0 Å². The van der Waals surface area contributed by atoms with Gasteiger partial charge in [0.2, 0.25) is 0 Å². The van der Waals surface area contributed by atoms with Gasteiger partial charge in [-0.2, -0.15) is 8.78 Å². The lowest BCUT2D eigenvalue weighted by Gasteiger charge is -2.05. The number of nitrogens with zero attached hydrogens (tertiary/aromatic N) is 1. The average Bonchev–Trinajstić information content (AvgIpc) is 2.45. The summed E-state index contributed by atoms with van der Waals surface area (Å²) < 4.78 is 30.7. The van der Waals surface area contributed by atoms with E-state index in [-0.39, 0.29) is 11.1 Å². The lowest BCUT2D eigenvalue weighted by Crippen LogP contribution is -2.07. The molecule has 0 aliphatic rings. The topological polar surface area (TPSA) is 52.0 Å². The van der Waals surface area contributed by atoms with Crippen molar-refractivity contribution < 1.29 is 13.3 Å². The molecule has 0 unspecified atom stereocenters. The van der Waals surface area contributed by atoms with E-state index in [9.17, 15) is 8.78 Å². The molecule has 1 aromatic carbocycles. The van der Waals surface area contributed by atoms with Crippen LogP contribution in [0, 0.1) is 0 Å². The predicted molar refractivity (Wildman–Crippen MR) is 48.0 cm³/mol. The van der Waals surface area contributed by atoms with Crippen LogP contribution in [0.2, 0.25) is 0 Å². The Morgan fingerprint density at radius 1 is 1.43 bits per heavy atom. The maximum Gasteiger partial charge on any atom is 0.290 e. The summed E-state index contributed by atoms with van der Waals surface area (Å²) in [4.78, 5) is 0. The summed E-state index contributed by atoms with van der Waals surface area (Å²) in [6.07, 6.45) is 0. The molecular weight excluding hydrogens is 190 g/mol. The lowest BCUT2D eigenvalue weighted by atomic mass is 10.1.